The summed E-state index contributed by atoms with van der Waals surface area (Å²) in [4.78, 5) is 16.1. The third-order valence-electron chi connectivity index (χ3n) is 2.62. The van der Waals surface area contributed by atoms with Gasteiger partial charge in [0, 0.05) is 11.6 Å². The Hall–Kier alpha value is -2.62. The molecule has 0 bridgehead atoms. The van der Waals surface area contributed by atoms with Gasteiger partial charge in [0.25, 0.3) is 0 Å². The Morgan fingerprint density at radius 2 is 1.95 bits per heavy atom. The summed E-state index contributed by atoms with van der Waals surface area (Å²) in [5.74, 6) is 0.295. The van der Waals surface area contributed by atoms with E-state index in [0.717, 1.165) is 11.3 Å². The van der Waals surface area contributed by atoms with Gasteiger partial charge in [0.05, 0.1) is 18.2 Å². The predicted molar refractivity (Wildman–Crippen MR) is 87.3 cm³/mol. The molecule has 2 aromatic rings. The Morgan fingerprint density at radius 3 is 2.64 bits per heavy atom. The van der Waals surface area contributed by atoms with Crippen molar-refractivity contribution in [3.05, 3.63) is 60.1 Å². The van der Waals surface area contributed by atoms with Gasteiger partial charge in [-0.15, -0.1) is 0 Å². The van der Waals surface area contributed by atoms with E-state index in [1.807, 2.05) is 51.1 Å². The second-order valence-electron chi connectivity index (χ2n) is 5.70. The lowest BCUT2D eigenvalue weighted by Gasteiger charge is -2.17. The van der Waals surface area contributed by atoms with Crippen LogP contribution in [0.3, 0.4) is 0 Å². The number of hydrogen-bond acceptors (Lipinski definition) is 4. The Morgan fingerprint density at radius 1 is 1.18 bits per heavy atom. The molecule has 0 N–H and O–H groups in total. The highest BCUT2D eigenvalue weighted by atomic mass is 16.6. The molecule has 0 spiro atoms. The quantitative estimate of drug-likeness (QED) is 0.478. The molecule has 0 radical (unpaired) electrons. The number of carbonyl (C=O) groups excluding carboxylic acids is 1. The van der Waals surface area contributed by atoms with Crippen LogP contribution in [0.1, 0.15) is 32.1 Å². The van der Waals surface area contributed by atoms with Crippen molar-refractivity contribution < 1.29 is 13.9 Å². The van der Waals surface area contributed by atoms with E-state index >= 15 is 0 Å². The van der Waals surface area contributed by atoms with Gasteiger partial charge in [-0.05, 0) is 45.0 Å². The zero-order chi connectivity index (χ0) is 16.0. The van der Waals surface area contributed by atoms with Crippen LogP contribution >= 0.6 is 0 Å². The average molecular weight is 297 g/mol. The van der Waals surface area contributed by atoms with E-state index in [0.29, 0.717) is 5.76 Å². The number of para-hydroxylation sites is 1. The van der Waals surface area contributed by atoms with Crippen molar-refractivity contribution in [3.8, 4) is 0 Å². The van der Waals surface area contributed by atoms with Gasteiger partial charge in [0.1, 0.15) is 11.4 Å². The van der Waals surface area contributed by atoms with Gasteiger partial charge in [-0.1, -0.05) is 18.2 Å². The van der Waals surface area contributed by atoms with Crippen LogP contribution in [0, 0.1) is 0 Å². The summed E-state index contributed by atoms with van der Waals surface area (Å²) in [6.45, 7) is 5.50. The highest BCUT2D eigenvalue weighted by molar-refractivity contribution is 5.89. The monoisotopic (exact) mass is 297 g/mol. The van der Waals surface area contributed by atoms with Crippen molar-refractivity contribution in [2.75, 3.05) is 0 Å². The number of furan rings is 1. The molecule has 1 heterocycles. The minimum atomic E-state index is -0.502. The Bertz CT molecular complexity index is 677. The van der Waals surface area contributed by atoms with Gasteiger partial charge < -0.3 is 9.15 Å². The highest BCUT2D eigenvalue weighted by Crippen LogP contribution is 2.20. The molecule has 0 unspecified atom stereocenters. The van der Waals surface area contributed by atoms with Crippen LogP contribution in [0.5, 0.6) is 0 Å². The van der Waals surface area contributed by atoms with Crippen LogP contribution in [-0.4, -0.2) is 17.8 Å². The molecule has 4 heteroatoms. The van der Waals surface area contributed by atoms with Crippen molar-refractivity contribution in [1.82, 2.24) is 0 Å². The molecule has 0 atom stereocenters. The van der Waals surface area contributed by atoms with Crippen LogP contribution < -0.4 is 0 Å². The number of aliphatic imine (C=N–C) groups is 1. The summed E-state index contributed by atoms with van der Waals surface area (Å²) in [6.07, 6.45) is 6.34. The van der Waals surface area contributed by atoms with Gasteiger partial charge in [0.15, 0.2) is 0 Å². The van der Waals surface area contributed by atoms with E-state index in [-0.39, 0.29) is 5.97 Å². The normalized spacial score (nSPS) is 12.1. The van der Waals surface area contributed by atoms with E-state index < -0.39 is 5.60 Å². The third-order valence-corrected chi connectivity index (χ3v) is 2.62. The summed E-state index contributed by atoms with van der Waals surface area (Å²) in [7, 11) is 0. The van der Waals surface area contributed by atoms with Crippen LogP contribution in [0.4, 0.5) is 5.69 Å². The first-order chi connectivity index (χ1) is 10.4. The number of esters is 1. The third kappa shape index (κ3) is 5.05. The fraction of sp³-hybridized carbons (Fsp3) is 0.222. The summed E-state index contributed by atoms with van der Waals surface area (Å²) < 4.78 is 10.4. The molecular formula is C18H19NO3. The molecule has 0 amide bonds. The number of ether oxygens (including phenoxy) is 1. The van der Waals surface area contributed by atoms with Gasteiger partial charge >= 0.3 is 5.97 Å². The first kappa shape index (κ1) is 15.8. The smallest absolute Gasteiger partial charge is 0.331 e. The SMILES string of the molecule is CC(C)(C)OC(=O)/C=C/c1ccccc1N=Cc1ccco1. The van der Waals surface area contributed by atoms with E-state index in [4.69, 9.17) is 9.15 Å². The first-order valence-electron chi connectivity index (χ1n) is 7.02. The minimum Gasteiger partial charge on any atom is -0.463 e. The van der Waals surface area contributed by atoms with Crippen LogP contribution in [0.15, 0.2) is 58.1 Å². The number of benzene rings is 1. The van der Waals surface area contributed by atoms with Gasteiger partial charge in [0.2, 0.25) is 0 Å². The number of carbonyl (C=O) groups is 1. The Kier molecular flexibility index (Phi) is 4.94. The average Bonchev–Trinajstić information content (AvgIpc) is 2.95. The lowest BCUT2D eigenvalue weighted by atomic mass is 10.1. The van der Waals surface area contributed by atoms with Crippen molar-refractivity contribution in [3.63, 3.8) is 0 Å². The topological polar surface area (TPSA) is 51.8 Å². The van der Waals surface area contributed by atoms with E-state index in [1.165, 1.54) is 6.08 Å². The second kappa shape index (κ2) is 6.89. The lowest BCUT2D eigenvalue weighted by molar-refractivity contribution is -0.148. The Labute approximate surface area is 130 Å². The number of nitrogens with zero attached hydrogens (tertiary/aromatic N) is 1. The van der Waals surface area contributed by atoms with E-state index in [9.17, 15) is 4.79 Å². The highest BCUT2D eigenvalue weighted by Gasteiger charge is 2.13. The molecule has 1 aromatic carbocycles. The van der Waals surface area contributed by atoms with Crippen molar-refractivity contribution in [2.45, 2.75) is 26.4 Å². The van der Waals surface area contributed by atoms with Gasteiger partial charge in [-0.2, -0.15) is 0 Å². The molecule has 0 saturated carbocycles. The standard InChI is InChI=1S/C18H19NO3/c1-18(2,3)22-17(20)11-10-14-7-4-5-9-16(14)19-13-15-8-6-12-21-15/h4-13H,1-3H3/b11-10+,19-13?. The molecule has 22 heavy (non-hydrogen) atoms. The van der Waals surface area contributed by atoms with Gasteiger partial charge in [-0.25, -0.2) is 4.79 Å². The Balaban J connectivity index is 2.13. The van der Waals surface area contributed by atoms with Crippen LogP contribution in [0.25, 0.3) is 6.08 Å². The molecule has 0 saturated heterocycles. The van der Waals surface area contributed by atoms with Crippen molar-refractivity contribution in [2.24, 2.45) is 4.99 Å². The summed E-state index contributed by atoms with van der Waals surface area (Å²) >= 11 is 0. The predicted octanol–water partition coefficient (Wildman–Crippen LogP) is 4.39. The molecule has 0 aliphatic heterocycles. The van der Waals surface area contributed by atoms with E-state index in [2.05, 4.69) is 4.99 Å². The molecular weight excluding hydrogens is 278 g/mol. The maximum Gasteiger partial charge on any atom is 0.331 e. The maximum absolute atomic E-state index is 11.7. The van der Waals surface area contributed by atoms with E-state index in [1.54, 1.807) is 24.6 Å². The molecule has 0 aliphatic carbocycles. The van der Waals surface area contributed by atoms with Crippen molar-refractivity contribution in [1.29, 1.82) is 0 Å². The molecule has 0 aliphatic rings. The number of rotatable bonds is 4. The molecule has 0 fully saturated rings. The molecule has 114 valence electrons. The maximum atomic E-state index is 11.7. The second-order valence-corrected chi connectivity index (χ2v) is 5.70. The largest absolute Gasteiger partial charge is 0.463 e. The zero-order valence-corrected chi connectivity index (χ0v) is 12.9. The lowest BCUT2D eigenvalue weighted by Crippen LogP contribution is -2.22. The van der Waals surface area contributed by atoms with Gasteiger partial charge in [-0.3, -0.25) is 4.99 Å². The molecule has 4 nitrogen and oxygen atoms in total. The fourth-order valence-corrected chi connectivity index (χ4v) is 1.74. The number of hydrogen-bond donors (Lipinski definition) is 0. The summed E-state index contributed by atoms with van der Waals surface area (Å²) in [5, 5.41) is 0. The summed E-state index contributed by atoms with van der Waals surface area (Å²) in [6, 6.07) is 11.2. The minimum absolute atomic E-state index is 0.377. The fourth-order valence-electron chi connectivity index (χ4n) is 1.74. The zero-order valence-electron chi connectivity index (χ0n) is 12.9. The molecule has 1 aromatic heterocycles. The molecule has 2 rings (SSSR count). The summed E-state index contributed by atoms with van der Waals surface area (Å²) in [5.41, 5.74) is 1.08. The van der Waals surface area contributed by atoms with Crippen LogP contribution in [0.2, 0.25) is 0 Å². The van der Waals surface area contributed by atoms with Crippen LogP contribution in [-0.2, 0) is 9.53 Å². The first-order valence-corrected chi connectivity index (χ1v) is 7.02. The van der Waals surface area contributed by atoms with Crippen molar-refractivity contribution >= 4 is 23.9 Å².